The van der Waals surface area contributed by atoms with Gasteiger partial charge in [-0.25, -0.2) is 4.79 Å². The van der Waals surface area contributed by atoms with Crippen LogP contribution in [0.4, 0.5) is 0 Å². The number of aliphatic hydroxyl groups is 1. The van der Waals surface area contributed by atoms with E-state index in [9.17, 15) is 9.90 Å². The largest absolute Gasteiger partial charge is 0.478 e. The van der Waals surface area contributed by atoms with E-state index in [0.717, 1.165) is 0 Å². The van der Waals surface area contributed by atoms with Crippen molar-refractivity contribution in [1.29, 1.82) is 0 Å². The SMILES string of the molecule is O=C(O)C1=C(Br)C=C(Br)C(O)(Br)C1. The highest BCUT2D eigenvalue weighted by molar-refractivity contribution is 9.14. The first-order valence-electron chi connectivity index (χ1n) is 3.25. The minimum absolute atomic E-state index is 0.0139. The van der Waals surface area contributed by atoms with Crippen molar-refractivity contribution in [3.8, 4) is 0 Å². The standard InChI is InChI=1S/C7H5Br3O3/c8-4-1-5(9)7(10,13)2-3(4)6(11)12/h1,13H,2H2,(H,11,12). The van der Waals surface area contributed by atoms with Gasteiger partial charge < -0.3 is 10.2 Å². The van der Waals surface area contributed by atoms with Crippen molar-refractivity contribution in [3.63, 3.8) is 0 Å². The first kappa shape index (κ1) is 11.4. The fraction of sp³-hybridized carbons (Fsp3) is 0.286. The van der Waals surface area contributed by atoms with Crippen molar-refractivity contribution >= 4 is 53.8 Å². The van der Waals surface area contributed by atoms with Crippen molar-refractivity contribution in [3.05, 3.63) is 20.6 Å². The van der Waals surface area contributed by atoms with Crippen LogP contribution in [0.5, 0.6) is 0 Å². The van der Waals surface area contributed by atoms with Gasteiger partial charge in [-0.2, -0.15) is 0 Å². The Hall–Kier alpha value is 0.350. The van der Waals surface area contributed by atoms with Gasteiger partial charge in [0.05, 0.1) is 5.57 Å². The molecule has 0 aromatic heterocycles. The second-order valence-electron chi connectivity index (χ2n) is 2.56. The Morgan fingerprint density at radius 1 is 1.54 bits per heavy atom. The fourth-order valence-electron chi connectivity index (χ4n) is 0.890. The Labute approximate surface area is 99.9 Å². The second kappa shape index (κ2) is 3.84. The zero-order valence-corrected chi connectivity index (χ0v) is 11.0. The first-order chi connectivity index (χ1) is 5.84. The third-order valence-electron chi connectivity index (χ3n) is 1.58. The molecule has 0 aromatic rings. The molecule has 0 fully saturated rings. The Morgan fingerprint density at radius 2 is 2.08 bits per heavy atom. The zero-order valence-electron chi connectivity index (χ0n) is 6.22. The van der Waals surface area contributed by atoms with Crippen molar-refractivity contribution in [2.75, 3.05) is 0 Å². The summed E-state index contributed by atoms with van der Waals surface area (Å²) >= 11 is 9.26. The highest BCUT2D eigenvalue weighted by Crippen LogP contribution is 2.41. The zero-order chi connectivity index (χ0) is 10.2. The lowest BCUT2D eigenvalue weighted by molar-refractivity contribution is -0.133. The summed E-state index contributed by atoms with van der Waals surface area (Å²) in [5.74, 6) is -1.04. The van der Waals surface area contributed by atoms with Gasteiger partial charge in [-0.15, -0.1) is 0 Å². The van der Waals surface area contributed by atoms with Crippen LogP contribution >= 0.6 is 47.8 Å². The van der Waals surface area contributed by atoms with E-state index in [4.69, 9.17) is 5.11 Å². The third kappa shape index (κ3) is 2.43. The van der Waals surface area contributed by atoms with Crippen LogP contribution in [-0.2, 0) is 4.79 Å². The molecule has 0 radical (unpaired) electrons. The van der Waals surface area contributed by atoms with Gasteiger partial charge in [0.1, 0.15) is 0 Å². The van der Waals surface area contributed by atoms with Crippen LogP contribution in [0, 0.1) is 0 Å². The molecule has 0 saturated carbocycles. The molecule has 0 saturated heterocycles. The van der Waals surface area contributed by atoms with Gasteiger partial charge in [-0.05, 0) is 22.0 Å². The van der Waals surface area contributed by atoms with E-state index < -0.39 is 10.5 Å². The Kier molecular flexibility index (Phi) is 3.38. The molecule has 0 aromatic carbocycles. The van der Waals surface area contributed by atoms with Gasteiger partial charge in [-0.3, -0.25) is 0 Å². The topological polar surface area (TPSA) is 57.5 Å². The summed E-state index contributed by atoms with van der Waals surface area (Å²) in [5.41, 5.74) is 0.141. The monoisotopic (exact) mass is 374 g/mol. The number of carboxylic acid groups (broad SMARTS) is 1. The number of hydrogen-bond donors (Lipinski definition) is 2. The van der Waals surface area contributed by atoms with Crippen LogP contribution in [0.25, 0.3) is 0 Å². The summed E-state index contributed by atoms with van der Waals surface area (Å²) in [7, 11) is 0. The number of carbonyl (C=O) groups is 1. The molecular weight excluding hydrogens is 372 g/mol. The van der Waals surface area contributed by atoms with Crippen molar-refractivity contribution in [2.24, 2.45) is 0 Å². The van der Waals surface area contributed by atoms with E-state index in [0.29, 0.717) is 8.96 Å². The number of alkyl halides is 1. The predicted molar refractivity (Wildman–Crippen MR) is 59.1 cm³/mol. The van der Waals surface area contributed by atoms with E-state index in [2.05, 4.69) is 47.8 Å². The van der Waals surface area contributed by atoms with E-state index in [1.54, 1.807) is 0 Å². The summed E-state index contributed by atoms with van der Waals surface area (Å²) < 4.78 is -0.342. The number of rotatable bonds is 1. The molecule has 0 spiro atoms. The maximum atomic E-state index is 10.7. The van der Waals surface area contributed by atoms with E-state index in [1.807, 2.05) is 0 Å². The number of halogens is 3. The highest BCUT2D eigenvalue weighted by Gasteiger charge is 2.34. The molecule has 6 heteroatoms. The Bertz CT molecular complexity index is 317. The maximum Gasteiger partial charge on any atom is 0.332 e. The van der Waals surface area contributed by atoms with Crippen LogP contribution < -0.4 is 0 Å². The predicted octanol–water partition coefficient (Wildman–Crippen LogP) is 2.49. The number of hydrogen-bond acceptors (Lipinski definition) is 2. The van der Waals surface area contributed by atoms with Crippen LogP contribution in [0.15, 0.2) is 20.6 Å². The molecule has 1 unspecified atom stereocenters. The number of aliphatic carboxylic acids is 1. The van der Waals surface area contributed by atoms with Gasteiger partial charge >= 0.3 is 5.97 Å². The summed E-state index contributed by atoms with van der Waals surface area (Å²) in [6.07, 6.45) is 1.53. The van der Waals surface area contributed by atoms with Crippen LogP contribution in [-0.4, -0.2) is 20.7 Å². The number of allylic oxidation sites excluding steroid dienone is 2. The molecule has 0 heterocycles. The Morgan fingerprint density at radius 3 is 2.54 bits per heavy atom. The normalized spacial score (nSPS) is 28.8. The van der Waals surface area contributed by atoms with E-state index in [-0.39, 0.29) is 12.0 Å². The molecule has 1 rings (SSSR count). The molecule has 1 aliphatic carbocycles. The van der Waals surface area contributed by atoms with Crippen molar-refractivity contribution < 1.29 is 15.0 Å². The Balaban J connectivity index is 3.12. The lowest BCUT2D eigenvalue weighted by atomic mass is 10.0. The van der Waals surface area contributed by atoms with Crippen LogP contribution in [0.2, 0.25) is 0 Å². The van der Waals surface area contributed by atoms with Gasteiger partial charge in [0.25, 0.3) is 0 Å². The molecule has 0 bridgehead atoms. The van der Waals surface area contributed by atoms with Crippen LogP contribution in [0.3, 0.4) is 0 Å². The van der Waals surface area contributed by atoms with Gasteiger partial charge in [0.15, 0.2) is 4.51 Å². The summed E-state index contributed by atoms with van der Waals surface area (Å²) in [6.45, 7) is 0. The average Bonchev–Trinajstić information content (AvgIpc) is 1.97. The summed E-state index contributed by atoms with van der Waals surface area (Å²) in [4.78, 5) is 10.7. The first-order valence-corrected chi connectivity index (χ1v) is 5.63. The average molecular weight is 377 g/mol. The van der Waals surface area contributed by atoms with Gasteiger partial charge in [0.2, 0.25) is 0 Å². The lowest BCUT2D eigenvalue weighted by Gasteiger charge is -2.25. The van der Waals surface area contributed by atoms with Crippen molar-refractivity contribution in [1.82, 2.24) is 0 Å². The smallest absolute Gasteiger partial charge is 0.332 e. The molecule has 3 nitrogen and oxygen atoms in total. The minimum Gasteiger partial charge on any atom is -0.478 e. The lowest BCUT2D eigenvalue weighted by Crippen LogP contribution is -2.26. The summed E-state index contributed by atoms with van der Waals surface area (Å²) in [5, 5.41) is 18.4. The van der Waals surface area contributed by atoms with E-state index in [1.165, 1.54) is 6.08 Å². The van der Waals surface area contributed by atoms with Crippen LogP contribution in [0.1, 0.15) is 6.42 Å². The summed E-state index contributed by atoms with van der Waals surface area (Å²) in [6, 6.07) is 0. The van der Waals surface area contributed by atoms with Crippen molar-refractivity contribution in [2.45, 2.75) is 10.9 Å². The molecule has 0 aliphatic heterocycles. The van der Waals surface area contributed by atoms with Gasteiger partial charge in [0, 0.05) is 15.4 Å². The highest BCUT2D eigenvalue weighted by atomic mass is 79.9. The molecular formula is C7H5Br3O3. The molecule has 1 aliphatic rings. The fourth-order valence-corrected chi connectivity index (χ4v) is 2.50. The number of carboxylic acids is 1. The molecule has 1 atom stereocenters. The quantitative estimate of drug-likeness (QED) is 0.691. The molecule has 13 heavy (non-hydrogen) atoms. The van der Waals surface area contributed by atoms with E-state index >= 15 is 0 Å². The second-order valence-corrected chi connectivity index (χ2v) is 5.58. The molecule has 2 N–H and O–H groups in total. The molecule has 72 valence electrons. The van der Waals surface area contributed by atoms with Gasteiger partial charge in [-0.1, -0.05) is 31.9 Å². The third-order valence-corrected chi connectivity index (χ3v) is 4.41. The minimum atomic E-state index is -1.31. The molecule has 0 amide bonds. The maximum absolute atomic E-state index is 10.7.